The molecule has 1 rings (SSSR count). The minimum Gasteiger partial charge on any atom is -1.00 e. The van der Waals surface area contributed by atoms with E-state index in [0.29, 0.717) is 17.9 Å². The van der Waals surface area contributed by atoms with Crippen molar-refractivity contribution in [3.8, 4) is 5.75 Å². The predicted octanol–water partition coefficient (Wildman–Crippen LogP) is -2.53. The van der Waals surface area contributed by atoms with Crippen molar-refractivity contribution in [2.75, 3.05) is 6.61 Å². The van der Waals surface area contributed by atoms with Crippen molar-refractivity contribution >= 4 is 5.91 Å². The summed E-state index contributed by atoms with van der Waals surface area (Å²) in [6.45, 7) is 2.44. The third kappa shape index (κ3) is 3.16. The number of ether oxygens (including phenoxy) is 1. The summed E-state index contributed by atoms with van der Waals surface area (Å²) in [5.41, 5.74) is 3.87. The van der Waals surface area contributed by atoms with E-state index in [9.17, 15) is 4.79 Å². The van der Waals surface area contributed by atoms with Crippen LogP contribution in [-0.2, 0) is 0 Å². The average molecular weight is 246 g/mol. The van der Waals surface area contributed by atoms with Gasteiger partial charge in [-0.3, -0.25) is 5.73 Å². The van der Waals surface area contributed by atoms with Crippen molar-refractivity contribution in [2.24, 2.45) is 0 Å². The Kier molecular flexibility index (Phi) is 5.34. The lowest BCUT2D eigenvalue weighted by molar-refractivity contribution is -0.255. The van der Waals surface area contributed by atoms with E-state index in [1.54, 1.807) is 18.2 Å². The molecule has 13 heavy (non-hydrogen) atoms. The molecule has 1 aromatic carbocycles. The van der Waals surface area contributed by atoms with E-state index in [4.69, 9.17) is 4.74 Å². The summed E-state index contributed by atoms with van der Waals surface area (Å²) >= 11 is 0. The highest BCUT2D eigenvalue weighted by molar-refractivity contribution is 5.89. The Morgan fingerprint density at radius 2 is 2.08 bits per heavy atom. The summed E-state index contributed by atoms with van der Waals surface area (Å²) in [4.78, 5) is 10.9. The van der Waals surface area contributed by atoms with Gasteiger partial charge in [-0.25, -0.2) is 4.79 Å². The molecule has 0 unspecified atom stereocenters. The molecular weight excluding hydrogens is 234 g/mol. The normalized spacial score (nSPS) is 8.77. The van der Waals surface area contributed by atoms with Crippen molar-refractivity contribution in [1.29, 1.82) is 0 Å². The van der Waals surface area contributed by atoms with E-state index in [-0.39, 0.29) is 22.9 Å². The Morgan fingerprint density at radius 1 is 1.46 bits per heavy atom. The Balaban J connectivity index is 0.00000144. The first-order chi connectivity index (χ1) is 5.75. The molecule has 0 aliphatic heterocycles. The lowest BCUT2D eigenvalue weighted by Crippen LogP contribution is -3.00. The molecule has 0 atom stereocenters. The van der Waals surface area contributed by atoms with Crippen LogP contribution in [0.2, 0.25) is 0 Å². The standard InChI is InChI=1S/C9H11NO2.BrH/c1-2-12-8-6-4-3-5-7(8)9(10)11;/h3-6H,2H2,1H3,(H2,10,11);1H. The lowest BCUT2D eigenvalue weighted by atomic mass is 10.2. The summed E-state index contributed by atoms with van der Waals surface area (Å²) in [6, 6.07) is 7.10. The molecule has 0 saturated heterocycles. The lowest BCUT2D eigenvalue weighted by Gasteiger charge is -2.04. The summed E-state index contributed by atoms with van der Waals surface area (Å²) in [7, 11) is 0. The highest BCUT2D eigenvalue weighted by atomic mass is 79.9. The number of carbonyl (C=O) groups is 1. The molecule has 0 bridgehead atoms. The SMILES string of the molecule is CCOc1ccccc1C([NH3+])=O.[Br-]. The van der Waals surface area contributed by atoms with Crippen LogP contribution < -0.4 is 27.5 Å². The van der Waals surface area contributed by atoms with E-state index in [0.717, 1.165) is 0 Å². The number of hydrogen-bond acceptors (Lipinski definition) is 2. The van der Waals surface area contributed by atoms with Gasteiger partial charge in [-0.1, -0.05) is 12.1 Å². The van der Waals surface area contributed by atoms with Crippen LogP contribution in [0.5, 0.6) is 5.75 Å². The van der Waals surface area contributed by atoms with Crippen LogP contribution >= 0.6 is 0 Å². The first kappa shape index (κ1) is 12.1. The van der Waals surface area contributed by atoms with Crippen molar-refractivity contribution in [2.45, 2.75) is 6.92 Å². The third-order valence-corrected chi connectivity index (χ3v) is 1.49. The molecule has 3 nitrogen and oxygen atoms in total. The van der Waals surface area contributed by atoms with Crippen molar-refractivity contribution in [1.82, 2.24) is 0 Å². The quantitative estimate of drug-likeness (QED) is 0.639. The number of halogens is 1. The molecule has 0 aliphatic rings. The van der Waals surface area contributed by atoms with Crippen LogP contribution in [0.4, 0.5) is 0 Å². The number of hydrogen-bond donors (Lipinski definition) is 1. The van der Waals surface area contributed by atoms with E-state index in [1.807, 2.05) is 13.0 Å². The zero-order valence-corrected chi connectivity index (χ0v) is 9.00. The number of para-hydroxylation sites is 1. The van der Waals surface area contributed by atoms with Crippen LogP contribution in [0.1, 0.15) is 17.3 Å². The second kappa shape index (κ2) is 5.72. The Labute approximate surface area is 87.7 Å². The van der Waals surface area contributed by atoms with Crippen LogP contribution in [-0.4, -0.2) is 12.5 Å². The molecule has 0 radical (unpaired) electrons. The molecule has 0 aromatic heterocycles. The minimum atomic E-state index is -0.209. The average Bonchev–Trinajstić information content (AvgIpc) is 2.05. The maximum Gasteiger partial charge on any atom is 0.344 e. The maximum atomic E-state index is 10.9. The molecule has 72 valence electrons. The molecule has 4 heteroatoms. The van der Waals surface area contributed by atoms with Crippen LogP contribution in [0.3, 0.4) is 0 Å². The fourth-order valence-electron chi connectivity index (χ4n) is 0.978. The number of amides is 1. The largest absolute Gasteiger partial charge is 1.00 e. The van der Waals surface area contributed by atoms with Gasteiger partial charge in [0.1, 0.15) is 11.3 Å². The van der Waals surface area contributed by atoms with E-state index in [1.165, 1.54) is 0 Å². The topological polar surface area (TPSA) is 53.9 Å². The summed E-state index contributed by atoms with van der Waals surface area (Å²) in [5, 5.41) is 0. The Morgan fingerprint density at radius 3 is 2.62 bits per heavy atom. The van der Waals surface area contributed by atoms with Gasteiger partial charge < -0.3 is 21.7 Å². The number of quaternary nitrogens is 1. The van der Waals surface area contributed by atoms with Gasteiger partial charge in [0.25, 0.3) is 0 Å². The molecule has 0 spiro atoms. The van der Waals surface area contributed by atoms with Crippen molar-refractivity contribution in [3.05, 3.63) is 29.8 Å². The zero-order valence-electron chi connectivity index (χ0n) is 7.42. The molecule has 3 N–H and O–H groups in total. The molecule has 1 amide bonds. The number of carbonyl (C=O) groups excluding carboxylic acids is 1. The molecule has 0 fully saturated rings. The zero-order chi connectivity index (χ0) is 8.97. The smallest absolute Gasteiger partial charge is 0.344 e. The molecule has 0 aliphatic carbocycles. The monoisotopic (exact) mass is 245 g/mol. The third-order valence-electron chi connectivity index (χ3n) is 1.49. The first-order valence-corrected chi connectivity index (χ1v) is 3.83. The van der Waals surface area contributed by atoms with Crippen LogP contribution in [0, 0.1) is 0 Å². The van der Waals surface area contributed by atoms with Gasteiger partial charge in [-0.2, -0.15) is 0 Å². The van der Waals surface area contributed by atoms with Crippen LogP contribution in [0.25, 0.3) is 0 Å². The first-order valence-electron chi connectivity index (χ1n) is 3.83. The van der Waals surface area contributed by atoms with Gasteiger partial charge in [0.15, 0.2) is 0 Å². The number of benzene rings is 1. The van der Waals surface area contributed by atoms with Gasteiger partial charge in [0.2, 0.25) is 0 Å². The van der Waals surface area contributed by atoms with Crippen LogP contribution in [0.15, 0.2) is 24.3 Å². The summed E-state index contributed by atoms with van der Waals surface area (Å²) in [6.07, 6.45) is 0. The van der Waals surface area contributed by atoms with Gasteiger partial charge >= 0.3 is 5.91 Å². The van der Waals surface area contributed by atoms with Gasteiger partial charge in [0, 0.05) is 0 Å². The van der Waals surface area contributed by atoms with Gasteiger partial charge in [-0.15, -0.1) is 0 Å². The molecular formula is C9H12BrNO2. The highest BCUT2D eigenvalue weighted by Gasteiger charge is 2.09. The molecule has 1 aromatic rings. The van der Waals surface area contributed by atoms with Crippen molar-refractivity contribution < 1.29 is 32.2 Å². The van der Waals surface area contributed by atoms with E-state index in [2.05, 4.69) is 5.73 Å². The predicted molar refractivity (Wildman–Crippen MR) is 44.8 cm³/mol. The van der Waals surface area contributed by atoms with E-state index >= 15 is 0 Å². The maximum absolute atomic E-state index is 10.9. The second-order valence-corrected chi connectivity index (χ2v) is 2.35. The second-order valence-electron chi connectivity index (χ2n) is 2.35. The molecule has 0 heterocycles. The Hall–Kier alpha value is -0.870. The Bertz CT molecular complexity index is 289. The summed E-state index contributed by atoms with van der Waals surface area (Å²) < 4.78 is 5.24. The van der Waals surface area contributed by atoms with Gasteiger partial charge in [0.05, 0.1) is 6.61 Å². The number of rotatable bonds is 3. The molecule has 0 saturated carbocycles. The van der Waals surface area contributed by atoms with Gasteiger partial charge in [-0.05, 0) is 19.1 Å². The minimum absolute atomic E-state index is 0. The highest BCUT2D eigenvalue weighted by Crippen LogP contribution is 2.16. The fraction of sp³-hybridized carbons (Fsp3) is 0.222. The van der Waals surface area contributed by atoms with E-state index < -0.39 is 0 Å². The van der Waals surface area contributed by atoms with Crippen molar-refractivity contribution in [3.63, 3.8) is 0 Å². The fourth-order valence-corrected chi connectivity index (χ4v) is 0.978. The summed E-state index contributed by atoms with van der Waals surface area (Å²) in [5.74, 6) is 0.402.